The number of carbonyl (C=O) groups excluding carboxylic acids is 2. The molecule has 4 N–H and O–H groups in total. The Labute approximate surface area is 254 Å². The van der Waals surface area contributed by atoms with E-state index >= 15 is 0 Å². The first-order chi connectivity index (χ1) is 19.6. The van der Waals surface area contributed by atoms with E-state index in [0.717, 1.165) is 49.7 Å². The Bertz CT molecular complexity index is 1000. The molecule has 2 aliphatic rings. The van der Waals surface area contributed by atoms with Crippen LogP contribution in [-0.2, 0) is 22.6 Å². The SMILES string of the molecule is CCC1(C)CC(OC(=O)NCc2cccc(CNC(=O)OC3CC(C)(CC)NC(C)(CC)C3C)c2)C(C)C(C)(CC)N1. The zero-order valence-corrected chi connectivity index (χ0v) is 27.9. The first-order valence-corrected chi connectivity index (χ1v) is 16.2. The van der Waals surface area contributed by atoms with Gasteiger partial charge in [0, 0.05) is 59.9 Å². The fourth-order valence-corrected chi connectivity index (χ4v) is 6.90. The predicted octanol–water partition coefficient (Wildman–Crippen LogP) is 6.81. The van der Waals surface area contributed by atoms with Gasteiger partial charge in [0.15, 0.2) is 0 Å². The van der Waals surface area contributed by atoms with Crippen LogP contribution in [0.1, 0.15) is 119 Å². The smallest absolute Gasteiger partial charge is 0.407 e. The summed E-state index contributed by atoms with van der Waals surface area (Å²) in [6.07, 6.45) is 4.34. The molecule has 8 atom stereocenters. The summed E-state index contributed by atoms with van der Waals surface area (Å²) in [6, 6.07) is 7.86. The topological polar surface area (TPSA) is 101 Å². The molecule has 0 aliphatic carbocycles. The molecule has 1 aromatic rings. The van der Waals surface area contributed by atoms with E-state index in [1.165, 1.54) is 0 Å². The van der Waals surface area contributed by atoms with E-state index in [9.17, 15) is 9.59 Å². The lowest BCUT2D eigenvalue weighted by atomic mass is 9.70. The highest BCUT2D eigenvalue weighted by Crippen LogP contribution is 2.40. The van der Waals surface area contributed by atoms with Crippen molar-refractivity contribution in [3.8, 4) is 0 Å². The van der Waals surface area contributed by atoms with E-state index < -0.39 is 12.2 Å². The number of alkyl carbamates (subject to hydrolysis) is 2. The van der Waals surface area contributed by atoms with Crippen molar-refractivity contribution in [1.29, 1.82) is 0 Å². The fraction of sp³-hybridized carbons (Fsp3) is 0.765. The first kappa shape index (κ1) is 34.2. The molecule has 0 bridgehead atoms. The highest BCUT2D eigenvalue weighted by molar-refractivity contribution is 5.68. The number of nitrogens with one attached hydrogen (secondary N) is 4. The molecule has 2 aliphatic heterocycles. The lowest BCUT2D eigenvalue weighted by Gasteiger charge is -2.52. The lowest BCUT2D eigenvalue weighted by Crippen LogP contribution is -2.66. The normalized spacial score (nSPS) is 36.6. The van der Waals surface area contributed by atoms with Crippen LogP contribution in [0, 0.1) is 11.8 Å². The van der Waals surface area contributed by atoms with Crippen LogP contribution >= 0.6 is 0 Å². The molecule has 8 nitrogen and oxygen atoms in total. The van der Waals surface area contributed by atoms with E-state index in [1.54, 1.807) is 0 Å². The van der Waals surface area contributed by atoms with Gasteiger partial charge in [0.1, 0.15) is 12.2 Å². The molecule has 8 unspecified atom stereocenters. The number of rotatable bonds is 10. The minimum Gasteiger partial charge on any atom is -0.446 e. The lowest BCUT2D eigenvalue weighted by molar-refractivity contribution is -0.0378. The Morgan fingerprint density at radius 2 is 1.12 bits per heavy atom. The number of amides is 2. The summed E-state index contributed by atoms with van der Waals surface area (Å²) < 4.78 is 12.0. The number of hydrogen-bond acceptors (Lipinski definition) is 6. The van der Waals surface area contributed by atoms with Gasteiger partial charge in [0.2, 0.25) is 0 Å². The van der Waals surface area contributed by atoms with Crippen LogP contribution in [-0.4, -0.2) is 46.6 Å². The molecule has 238 valence electrons. The molecule has 0 spiro atoms. The van der Waals surface area contributed by atoms with Crippen molar-refractivity contribution in [2.24, 2.45) is 11.8 Å². The first-order valence-electron chi connectivity index (χ1n) is 16.2. The van der Waals surface area contributed by atoms with Crippen molar-refractivity contribution in [2.75, 3.05) is 0 Å². The molecule has 2 saturated heterocycles. The van der Waals surface area contributed by atoms with Crippen LogP contribution in [0.5, 0.6) is 0 Å². The summed E-state index contributed by atoms with van der Waals surface area (Å²) in [5, 5.41) is 13.5. The van der Waals surface area contributed by atoms with Gasteiger partial charge < -0.3 is 30.7 Å². The minimum absolute atomic E-state index is 0.0675. The summed E-state index contributed by atoms with van der Waals surface area (Å²) in [7, 11) is 0. The predicted molar refractivity (Wildman–Crippen MR) is 169 cm³/mol. The van der Waals surface area contributed by atoms with Gasteiger partial charge in [0.25, 0.3) is 0 Å². The summed E-state index contributed by atoms with van der Waals surface area (Å²) in [5.41, 5.74) is 1.57. The molecule has 3 rings (SSSR count). The molecule has 1 aromatic carbocycles. The highest BCUT2D eigenvalue weighted by Gasteiger charge is 2.49. The van der Waals surface area contributed by atoms with E-state index in [4.69, 9.17) is 9.47 Å². The van der Waals surface area contributed by atoms with E-state index in [0.29, 0.717) is 13.1 Å². The molecule has 0 aromatic heterocycles. The highest BCUT2D eigenvalue weighted by atomic mass is 16.6. The van der Waals surface area contributed by atoms with Crippen LogP contribution in [0.15, 0.2) is 24.3 Å². The number of carbonyl (C=O) groups is 2. The van der Waals surface area contributed by atoms with Crippen LogP contribution in [0.2, 0.25) is 0 Å². The summed E-state index contributed by atoms with van der Waals surface area (Å²) in [5.74, 6) is 0.391. The van der Waals surface area contributed by atoms with E-state index in [-0.39, 0.29) is 46.2 Å². The molecular formula is C34H58N4O4. The van der Waals surface area contributed by atoms with Crippen molar-refractivity contribution in [1.82, 2.24) is 21.3 Å². The van der Waals surface area contributed by atoms with Crippen molar-refractivity contribution < 1.29 is 19.1 Å². The second kappa shape index (κ2) is 13.5. The Kier molecular flexibility index (Phi) is 11.0. The quantitative estimate of drug-likeness (QED) is 0.240. The van der Waals surface area contributed by atoms with Gasteiger partial charge >= 0.3 is 12.2 Å². The van der Waals surface area contributed by atoms with Crippen molar-refractivity contribution in [3.05, 3.63) is 35.4 Å². The molecule has 0 radical (unpaired) electrons. The van der Waals surface area contributed by atoms with Crippen LogP contribution in [0.25, 0.3) is 0 Å². The van der Waals surface area contributed by atoms with Gasteiger partial charge in [-0.25, -0.2) is 9.59 Å². The summed E-state index contributed by atoms with van der Waals surface area (Å²) in [4.78, 5) is 25.7. The number of hydrogen-bond donors (Lipinski definition) is 4. The average molecular weight is 587 g/mol. The van der Waals surface area contributed by atoms with E-state index in [1.807, 2.05) is 24.3 Å². The third-order valence-electron chi connectivity index (χ3n) is 11.0. The fourth-order valence-electron chi connectivity index (χ4n) is 6.90. The van der Waals surface area contributed by atoms with Crippen molar-refractivity contribution in [3.63, 3.8) is 0 Å². The van der Waals surface area contributed by atoms with Crippen LogP contribution < -0.4 is 21.3 Å². The standard InChI is InChI=1S/C34H58N4O4/c1-11-31(7)19-27(23(5)33(9,13-3)37-31)41-29(39)35-21-25-16-15-17-26(18-25)22-36-30(40)42-28-20-32(8,12-2)38-34(10,14-4)24(28)6/h15-18,23-24,27-28,37-38H,11-14,19-22H2,1-10H3,(H,35,39)(H,36,40). The van der Waals surface area contributed by atoms with Crippen LogP contribution in [0.3, 0.4) is 0 Å². The van der Waals surface area contributed by atoms with E-state index in [2.05, 4.69) is 90.5 Å². The molecule has 8 heteroatoms. The van der Waals surface area contributed by atoms with Gasteiger partial charge in [0.05, 0.1) is 0 Å². The molecular weight excluding hydrogens is 528 g/mol. The number of piperidine rings is 2. The number of benzene rings is 1. The van der Waals surface area contributed by atoms with Gasteiger partial charge in [-0.15, -0.1) is 0 Å². The summed E-state index contributed by atoms with van der Waals surface area (Å²) >= 11 is 0. The third-order valence-corrected chi connectivity index (χ3v) is 11.0. The van der Waals surface area contributed by atoms with Gasteiger partial charge in [-0.2, -0.15) is 0 Å². The Morgan fingerprint density at radius 3 is 1.45 bits per heavy atom. The molecule has 0 saturated carbocycles. The Morgan fingerprint density at radius 1 is 0.738 bits per heavy atom. The van der Waals surface area contributed by atoms with Gasteiger partial charge in [-0.1, -0.05) is 65.8 Å². The minimum atomic E-state index is -0.396. The van der Waals surface area contributed by atoms with Gasteiger partial charge in [-0.3, -0.25) is 0 Å². The number of ether oxygens (including phenoxy) is 2. The van der Waals surface area contributed by atoms with Gasteiger partial charge in [-0.05, 0) is 64.5 Å². The monoisotopic (exact) mass is 586 g/mol. The molecule has 2 fully saturated rings. The second-order valence-electron chi connectivity index (χ2n) is 14.0. The maximum Gasteiger partial charge on any atom is 0.407 e. The largest absolute Gasteiger partial charge is 0.446 e. The summed E-state index contributed by atoms with van der Waals surface area (Å²) in [6.45, 7) is 22.6. The zero-order chi connectivity index (χ0) is 31.3. The third kappa shape index (κ3) is 7.98. The zero-order valence-electron chi connectivity index (χ0n) is 27.9. The molecule has 2 heterocycles. The van der Waals surface area contributed by atoms with Crippen molar-refractivity contribution in [2.45, 2.75) is 155 Å². The Hall–Kier alpha value is -2.32. The maximum absolute atomic E-state index is 12.8. The Balaban J connectivity index is 1.53. The molecule has 42 heavy (non-hydrogen) atoms. The average Bonchev–Trinajstić information content (AvgIpc) is 2.96. The van der Waals surface area contributed by atoms with Crippen LogP contribution in [0.4, 0.5) is 9.59 Å². The van der Waals surface area contributed by atoms with Crippen molar-refractivity contribution >= 4 is 12.2 Å². The second-order valence-corrected chi connectivity index (χ2v) is 14.0. The maximum atomic E-state index is 12.8. The molecule has 2 amide bonds.